The van der Waals surface area contributed by atoms with E-state index < -0.39 is 0 Å². The summed E-state index contributed by atoms with van der Waals surface area (Å²) in [6, 6.07) is 15.0. The van der Waals surface area contributed by atoms with E-state index in [2.05, 4.69) is 12.1 Å². The number of quaternary nitrogens is 1. The van der Waals surface area contributed by atoms with Crippen molar-refractivity contribution in [2.75, 3.05) is 11.4 Å². The van der Waals surface area contributed by atoms with E-state index in [0.717, 1.165) is 18.5 Å². The van der Waals surface area contributed by atoms with Gasteiger partial charge in [0.15, 0.2) is 6.04 Å². The first-order valence-corrected chi connectivity index (χ1v) is 8.44. The Bertz CT molecular complexity index is 761. The number of nitrogens with two attached hydrogens (primary N) is 1. The molecule has 3 rings (SSSR count). The van der Waals surface area contributed by atoms with Gasteiger partial charge in [0.2, 0.25) is 5.91 Å². The quantitative estimate of drug-likeness (QED) is 0.845. The van der Waals surface area contributed by atoms with Gasteiger partial charge in [-0.25, -0.2) is 4.90 Å². The summed E-state index contributed by atoms with van der Waals surface area (Å²) in [5.74, 6) is -0.325. The Morgan fingerprint density at radius 2 is 1.92 bits per heavy atom. The number of carbonyl (C=O) groups is 2. The molecular weight excluding hydrogens is 324 g/mol. The first-order chi connectivity index (χ1) is 11.6. The zero-order valence-corrected chi connectivity index (χ0v) is 14.3. The van der Waals surface area contributed by atoms with Crippen LogP contribution in [0.15, 0.2) is 48.5 Å². The molecule has 1 aliphatic rings. The Morgan fingerprint density at radius 3 is 2.62 bits per heavy atom. The summed E-state index contributed by atoms with van der Waals surface area (Å²) in [5.41, 5.74) is 2.71. The van der Waals surface area contributed by atoms with Crippen molar-refractivity contribution >= 4 is 29.1 Å². The van der Waals surface area contributed by atoms with Crippen molar-refractivity contribution in [3.63, 3.8) is 0 Å². The van der Waals surface area contributed by atoms with E-state index in [-0.39, 0.29) is 24.3 Å². The number of imide groups is 1. The second-order valence-electron chi connectivity index (χ2n) is 6.07. The molecule has 1 atom stereocenters. The number of rotatable bonds is 5. The molecule has 2 aromatic carbocycles. The fourth-order valence-electron chi connectivity index (χ4n) is 2.93. The topological polar surface area (TPSA) is 54.0 Å². The summed E-state index contributed by atoms with van der Waals surface area (Å²) in [4.78, 5) is 26.1. The second kappa shape index (κ2) is 7.16. The largest absolute Gasteiger partial charge is 0.335 e. The van der Waals surface area contributed by atoms with Crippen LogP contribution in [-0.4, -0.2) is 24.4 Å². The van der Waals surface area contributed by atoms with Gasteiger partial charge in [-0.2, -0.15) is 0 Å². The van der Waals surface area contributed by atoms with E-state index in [1.807, 2.05) is 36.5 Å². The van der Waals surface area contributed by atoms with Crippen LogP contribution in [0, 0.1) is 6.92 Å². The third-order valence-electron chi connectivity index (χ3n) is 4.32. The van der Waals surface area contributed by atoms with Gasteiger partial charge < -0.3 is 5.32 Å². The minimum absolute atomic E-state index is 0.159. The molecule has 2 N–H and O–H groups in total. The predicted octanol–water partition coefficient (Wildman–Crippen LogP) is 2.09. The lowest BCUT2D eigenvalue weighted by molar-refractivity contribution is -0.674. The number of anilines is 1. The first-order valence-electron chi connectivity index (χ1n) is 8.06. The standard InChI is InChI=1S/C19H19ClN2O2/c1-13-7-8-15(11-16(13)20)22-18(23)12-17(19(22)24)21-10-9-14-5-3-2-4-6-14/h2-8,11,17,21H,9-10,12H2,1H3/p+1/t17-/m1/s1. The fraction of sp³-hybridized carbons (Fsp3) is 0.263. The maximum Gasteiger partial charge on any atom is 0.292 e. The summed E-state index contributed by atoms with van der Waals surface area (Å²) in [6.07, 6.45) is 1.11. The van der Waals surface area contributed by atoms with Crippen LogP contribution < -0.4 is 10.2 Å². The van der Waals surface area contributed by atoms with Crippen molar-refractivity contribution in [2.24, 2.45) is 0 Å². The van der Waals surface area contributed by atoms with Gasteiger partial charge in [-0.05, 0) is 30.2 Å². The molecule has 0 aliphatic carbocycles. The van der Waals surface area contributed by atoms with Gasteiger partial charge in [0.05, 0.1) is 18.7 Å². The minimum atomic E-state index is -0.346. The van der Waals surface area contributed by atoms with Crippen molar-refractivity contribution in [1.29, 1.82) is 0 Å². The summed E-state index contributed by atoms with van der Waals surface area (Å²) in [5, 5.41) is 2.52. The Morgan fingerprint density at radius 1 is 1.17 bits per heavy atom. The molecule has 2 aromatic rings. The number of halogens is 1. The summed E-state index contributed by atoms with van der Waals surface area (Å²) >= 11 is 6.12. The lowest BCUT2D eigenvalue weighted by Crippen LogP contribution is -2.92. The van der Waals surface area contributed by atoms with Crippen molar-refractivity contribution in [3.05, 3.63) is 64.7 Å². The Kier molecular flexibility index (Phi) is 4.97. The fourth-order valence-corrected chi connectivity index (χ4v) is 3.10. The third kappa shape index (κ3) is 3.50. The number of benzene rings is 2. The molecule has 1 aliphatic heterocycles. The number of amides is 2. The third-order valence-corrected chi connectivity index (χ3v) is 4.73. The van der Waals surface area contributed by atoms with E-state index in [4.69, 9.17) is 11.6 Å². The zero-order valence-electron chi connectivity index (χ0n) is 13.5. The Balaban J connectivity index is 1.64. The van der Waals surface area contributed by atoms with Crippen LogP contribution in [0.2, 0.25) is 5.02 Å². The molecule has 4 nitrogen and oxygen atoms in total. The maximum atomic E-state index is 12.6. The SMILES string of the molecule is Cc1ccc(N2C(=O)C[C@@H]([NH2+]CCc3ccccc3)C2=O)cc1Cl. The molecule has 1 saturated heterocycles. The molecule has 0 saturated carbocycles. The van der Waals surface area contributed by atoms with Crippen molar-refractivity contribution in [2.45, 2.75) is 25.8 Å². The Labute approximate surface area is 146 Å². The van der Waals surface area contributed by atoms with Crippen LogP contribution in [0.5, 0.6) is 0 Å². The molecule has 24 heavy (non-hydrogen) atoms. The minimum Gasteiger partial charge on any atom is -0.335 e. The summed E-state index contributed by atoms with van der Waals surface area (Å²) < 4.78 is 0. The monoisotopic (exact) mass is 343 g/mol. The van der Waals surface area contributed by atoms with E-state index >= 15 is 0 Å². The Hall–Kier alpha value is -2.17. The predicted molar refractivity (Wildman–Crippen MR) is 94.0 cm³/mol. The van der Waals surface area contributed by atoms with Crippen LogP contribution in [-0.2, 0) is 16.0 Å². The highest BCUT2D eigenvalue weighted by Crippen LogP contribution is 2.26. The molecule has 0 aromatic heterocycles. The van der Waals surface area contributed by atoms with Gasteiger partial charge in [-0.3, -0.25) is 9.59 Å². The van der Waals surface area contributed by atoms with E-state index in [1.54, 1.807) is 12.1 Å². The van der Waals surface area contributed by atoms with Gasteiger partial charge in [0.1, 0.15) is 0 Å². The molecule has 1 fully saturated rings. The van der Waals surface area contributed by atoms with Crippen LogP contribution in [0.25, 0.3) is 0 Å². The average Bonchev–Trinajstić information content (AvgIpc) is 2.85. The van der Waals surface area contributed by atoms with Gasteiger partial charge >= 0.3 is 0 Å². The van der Waals surface area contributed by atoms with E-state index in [0.29, 0.717) is 10.7 Å². The van der Waals surface area contributed by atoms with Gasteiger partial charge in [-0.1, -0.05) is 48.0 Å². The summed E-state index contributed by atoms with van der Waals surface area (Å²) in [6.45, 7) is 2.66. The van der Waals surface area contributed by atoms with Crippen LogP contribution >= 0.6 is 11.6 Å². The number of nitrogens with zero attached hydrogens (tertiary/aromatic N) is 1. The molecule has 0 radical (unpaired) electrons. The van der Waals surface area contributed by atoms with Crippen LogP contribution in [0.4, 0.5) is 5.69 Å². The lowest BCUT2D eigenvalue weighted by atomic mass is 10.1. The van der Waals surface area contributed by atoms with Crippen molar-refractivity contribution < 1.29 is 14.9 Å². The van der Waals surface area contributed by atoms with E-state index in [9.17, 15) is 9.59 Å². The van der Waals surface area contributed by atoms with Crippen LogP contribution in [0.3, 0.4) is 0 Å². The molecule has 0 bridgehead atoms. The average molecular weight is 344 g/mol. The number of hydrogen-bond acceptors (Lipinski definition) is 2. The molecule has 0 spiro atoms. The highest BCUT2D eigenvalue weighted by Gasteiger charge is 2.42. The van der Waals surface area contributed by atoms with Crippen LogP contribution in [0.1, 0.15) is 17.5 Å². The van der Waals surface area contributed by atoms with E-state index in [1.165, 1.54) is 10.5 Å². The smallest absolute Gasteiger partial charge is 0.292 e. The van der Waals surface area contributed by atoms with Gasteiger partial charge in [0.25, 0.3) is 5.91 Å². The maximum absolute atomic E-state index is 12.6. The normalized spacial score (nSPS) is 17.6. The highest BCUT2D eigenvalue weighted by atomic mass is 35.5. The van der Waals surface area contributed by atoms with Crippen molar-refractivity contribution in [1.82, 2.24) is 0 Å². The molecule has 0 unspecified atom stereocenters. The molecule has 124 valence electrons. The number of carbonyl (C=O) groups excluding carboxylic acids is 2. The molecule has 2 amide bonds. The second-order valence-corrected chi connectivity index (χ2v) is 6.48. The number of aryl methyl sites for hydroxylation is 1. The van der Waals surface area contributed by atoms with Gasteiger partial charge in [0, 0.05) is 11.4 Å². The molecule has 1 heterocycles. The zero-order chi connectivity index (χ0) is 17.1. The first kappa shape index (κ1) is 16.7. The molecular formula is C19H20ClN2O2+. The highest BCUT2D eigenvalue weighted by molar-refractivity contribution is 6.32. The van der Waals surface area contributed by atoms with Crippen molar-refractivity contribution in [3.8, 4) is 0 Å². The lowest BCUT2D eigenvalue weighted by Gasteiger charge is -2.15. The molecule has 5 heteroatoms. The van der Waals surface area contributed by atoms with Gasteiger partial charge in [-0.15, -0.1) is 0 Å². The summed E-state index contributed by atoms with van der Waals surface area (Å²) in [7, 11) is 0. The number of hydrogen-bond donors (Lipinski definition) is 1.